The Morgan fingerprint density at radius 1 is 1.15 bits per heavy atom. The van der Waals surface area contributed by atoms with Gasteiger partial charge < -0.3 is 9.15 Å². The van der Waals surface area contributed by atoms with Crippen molar-refractivity contribution in [3.63, 3.8) is 0 Å². The molecule has 2 aromatic heterocycles. The minimum atomic E-state index is -0.376. The molecule has 0 N–H and O–H groups in total. The smallest absolute Gasteiger partial charge is 0.316 e. The number of carbonyl (C=O) groups is 1. The van der Waals surface area contributed by atoms with Crippen LogP contribution in [-0.4, -0.2) is 21.7 Å². The summed E-state index contributed by atoms with van der Waals surface area (Å²) in [6.45, 7) is 0.0879. The molecule has 136 valence electrons. The van der Waals surface area contributed by atoms with Crippen molar-refractivity contribution in [3.05, 3.63) is 65.4 Å². The van der Waals surface area contributed by atoms with Crippen molar-refractivity contribution in [2.24, 2.45) is 0 Å². The van der Waals surface area contributed by atoms with Gasteiger partial charge in [0, 0.05) is 10.9 Å². The van der Waals surface area contributed by atoms with Crippen LogP contribution >= 0.6 is 23.1 Å². The van der Waals surface area contributed by atoms with Gasteiger partial charge in [-0.05, 0) is 36.4 Å². The number of thioether (sulfide) groups is 1. The van der Waals surface area contributed by atoms with Gasteiger partial charge in [-0.2, -0.15) is 0 Å². The van der Waals surface area contributed by atoms with Crippen LogP contribution in [-0.2, 0) is 16.1 Å². The molecular weight excluding hydrogens is 387 g/mol. The van der Waals surface area contributed by atoms with E-state index in [1.807, 2.05) is 29.6 Å². The largest absolute Gasteiger partial charge is 0.459 e. The van der Waals surface area contributed by atoms with E-state index in [1.54, 1.807) is 12.1 Å². The summed E-state index contributed by atoms with van der Waals surface area (Å²) >= 11 is 2.60. The number of para-hydroxylation sites is 2. The molecule has 0 amide bonds. The number of thiazole rings is 1. The predicted molar refractivity (Wildman–Crippen MR) is 102 cm³/mol. The van der Waals surface area contributed by atoms with Crippen LogP contribution in [0.2, 0.25) is 0 Å². The van der Waals surface area contributed by atoms with Gasteiger partial charge in [0.25, 0.3) is 5.22 Å². The van der Waals surface area contributed by atoms with Crippen molar-refractivity contribution >= 4 is 40.2 Å². The molecule has 4 rings (SSSR count). The van der Waals surface area contributed by atoms with Crippen LogP contribution < -0.4 is 0 Å². The number of halogens is 1. The fraction of sp³-hybridized carbons (Fsp3) is 0.105. The molecule has 27 heavy (non-hydrogen) atoms. The number of rotatable bonds is 6. The van der Waals surface area contributed by atoms with Gasteiger partial charge in [-0.1, -0.05) is 23.9 Å². The number of hydrogen-bond acceptors (Lipinski definition) is 7. The maximum absolute atomic E-state index is 13.0. The number of ether oxygens (including phenoxy) is 1. The molecule has 0 unspecified atom stereocenters. The lowest BCUT2D eigenvalue weighted by atomic mass is 10.2. The summed E-state index contributed by atoms with van der Waals surface area (Å²) in [5, 5.41) is 3.00. The fourth-order valence-electron chi connectivity index (χ4n) is 2.33. The summed E-state index contributed by atoms with van der Waals surface area (Å²) < 4.78 is 23.8. The number of esters is 1. The SMILES string of the molecule is O=C(CSc1nc2ccccc2o1)OCc1csc(-c2ccc(F)cc2)n1. The molecule has 2 heterocycles. The Bertz CT molecular complexity index is 1040. The first-order chi connectivity index (χ1) is 13.2. The topological polar surface area (TPSA) is 65.2 Å². The maximum atomic E-state index is 13.0. The Morgan fingerprint density at radius 2 is 1.96 bits per heavy atom. The molecule has 0 aliphatic heterocycles. The normalized spacial score (nSPS) is 11.0. The number of oxazole rings is 1. The second-order valence-corrected chi connectivity index (χ2v) is 7.33. The minimum Gasteiger partial charge on any atom is -0.459 e. The summed E-state index contributed by atoms with van der Waals surface area (Å²) in [6, 6.07) is 13.5. The number of benzene rings is 2. The van der Waals surface area contributed by atoms with E-state index in [9.17, 15) is 9.18 Å². The highest BCUT2D eigenvalue weighted by molar-refractivity contribution is 7.99. The van der Waals surface area contributed by atoms with E-state index < -0.39 is 0 Å². The highest BCUT2D eigenvalue weighted by Gasteiger charge is 2.11. The Morgan fingerprint density at radius 3 is 2.78 bits per heavy atom. The summed E-state index contributed by atoms with van der Waals surface area (Å²) in [5.74, 6) is -0.568. The fourth-order valence-corrected chi connectivity index (χ4v) is 3.77. The molecule has 0 fully saturated rings. The Labute approximate surface area is 162 Å². The van der Waals surface area contributed by atoms with Crippen LogP contribution in [0.1, 0.15) is 5.69 Å². The molecule has 0 aliphatic carbocycles. The van der Waals surface area contributed by atoms with Crippen molar-refractivity contribution in [2.75, 3.05) is 5.75 Å². The summed E-state index contributed by atoms with van der Waals surface area (Å²) in [7, 11) is 0. The molecule has 0 aliphatic rings. The standard InChI is InChI=1S/C19H13FN2O3S2/c20-13-7-5-12(6-8-13)18-21-14(10-26-18)9-24-17(23)11-27-19-22-15-3-1-2-4-16(15)25-19/h1-8,10H,9,11H2. The Hall–Kier alpha value is -2.71. The second kappa shape index (κ2) is 7.89. The van der Waals surface area contributed by atoms with Crippen LogP contribution in [0.25, 0.3) is 21.7 Å². The number of carbonyl (C=O) groups excluding carboxylic acids is 1. The molecule has 0 saturated carbocycles. The monoisotopic (exact) mass is 400 g/mol. The highest BCUT2D eigenvalue weighted by atomic mass is 32.2. The zero-order valence-electron chi connectivity index (χ0n) is 13.9. The first-order valence-electron chi connectivity index (χ1n) is 8.02. The van der Waals surface area contributed by atoms with E-state index in [-0.39, 0.29) is 24.1 Å². The van der Waals surface area contributed by atoms with Crippen molar-refractivity contribution in [1.29, 1.82) is 0 Å². The average Bonchev–Trinajstić information content (AvgIpc) is 3.32. The van der Waals surface area contributed by atoms with Gasteiger partial charge in [0.05, 0.1) is 5.69 Å². The predicted octanol–water partition coefficient (Wildman–Crippen LogP) is 4.93. The molecule has 5 nitrogen and oxygen atoms in total. The quantitative estimate of drug-likeness (QED) is 0.338. The van der Waals surface area contributed by atoms with Gasteiger partial charge in [0.1, 0.15) is 28.7 Å². The molecule has 4 aromatic rings. The molecule has 0 atom stereocenters. The summed E-state index contributed by atoms with van der Waals surface area (Å²) in [6.07, 6.45) is 0. The first-order valence-corrected chi connectivity index (χ1v) is 9.88. The molecule has 0 saturated heterocycles. The number of nitrogens with zero attached hydrogens (tertiary/aromatic N) is 2. The first kappa shape index (κ1) is 17.7. The highest BCUT2D eigenvalue weighted by Crippen LogP contribution is 2.25. The third-order valence-corrected chi connectivity index (χ3v) is 5.35. The Kier molecular flexibility index (Phi) is 5.17. The van der Waals surface area contributed by atoms with Crippen LogP contribution in [0.3, 0.4) is 0 Å². The van der Waals surface area contributed by atoms with E-state index in [0.29, 0.717) is 16.5 Å². The van der Waals surface area contributed by atoms with E-state index in [2.05, 4.69) is 9.97 Å². The molecular formula is C19H13FN2O3S2. The van der Waals surface area contributed by atoms with E-state index in [4.69, 9.17) is 9.15 Å². The van der Waals surface area contributed by atoms with Gasteiger partial charge in [0.2, 0.25) is 0 Å². The van der Waals surface area contributed by atoms with Gasteiger partial charge in [-0.25, -0.2) is 14.4 Å². The average molecular weight is 400 g/mol. The van der Waals surface area contributed by atoms with Crippen molar-refractivity contribution in [3.8, 4) is 10.6 Å². The van der Waals surface area contributed by atoms with Crippen LogP contribution in [0.5, 0.6) is 0 Å². The minimum absolute atomic E-state index is 0.0879. The lowest BCUT2D eigenvalue weighted by molar-refractivity contribution is -0.141. The zero-order chi connectivity index (χ0) is 18.6. The summed E-state index contributed by atoms with van der Waals surface area (Å²) in [5.41, 5.74) is 2.92. The zero-order valence-corrected chi connectivity index (χ0v) is 15.6. The molecule has 0 bridgehead atoms. The Balaban J connectivity index is 1.29. The van der Waals surface area contributed by atoms with Crippen LogP contribution in [0.15, 0.2) is 63.6 Å². The van der Waals surface area contributed by atoms with Crippen LogP contribution in [0, 0.1) is 5.82 Å². The molecule has 2 aromatic carbocycles. The van der Waals surface area contributed by atoms with Gasteiger partial charge in [-0.3, -0.25) is 4.79 Å². The lowest BCUT2D eigenvalue weighted by Crippen LogP contribution is -2.07. The molecule has 8 heteroatoms. The maximum Gasteiger partial charge on any atom is 0.316 e. The summed E-state index contributed by atoms with van der Waals surface area (Å²) in [4.78, 5) is 20.6. The second-order valence-electron chi connectivity index (χ2n) is 5.55. The number of hydrogen-bond donors (Lipinski definition) is 0. The number of fused-ring (bicyclic) bond motifs is 1. The van der Waals surface area contributed by atoms with Crippen molar-refractivity contribution < 1.29 is 18.3 Å². The lowest BCUT2D eigenvalue weighted by Gasteiger charge is -2.01. The van der Waals surface area contributed by atoms with E-state index in [1.165, 1.54) is 35.2 Å². The van der Waals surface area contributed by atoms with E-state index >= 15 is 0 Å². The van der Waals surface area contributed by atoms with Crippen molar-refractivity contribution in [1.82, 2.24) is 9.97 Å². The van der Waals surface area contributed by atoms with Gasteiger partial charge >= 0.3 is 5.97 Å². The molecule has 0 spiro atoms. The third kappa shape index (κ3) is 4.35. The number of aromatic nitrogens is 2. The van der Waals surface area contributed by atoms with Crippen LogP contribution in [0.4, 0.5) is 4.39 Å². The van der Waals surface area contributed by atoms with E-state index in [0.717, 1.165) is 16.1 Å². The van der Waals surface area contributed by atoms with Crippen molar-refractivity contribution in [2.45, 2.75) is 11.8 Å². The van der Waals surface area contributed by atoms with Gasteiger partial charge in [0.15, 0.2) is 5.58 Å². The third-order valence-electron chi connectivity index (χ3n) is 3.61. The van der Waals surface area contributed by atoms with Gasteiger partial charge in [-0.15, -0.1) is 11.3 Å². The molecule has 0 radical (unpaired) electrons.